The number of halogens is 1. The smallest absolute Gasteiger partial charge is 0.151 e. The van der Waals surface area contributed by atoms with Crippen molar-refractivity contribution in [3.63, 3.8) is 0 Å². The number of aldehydes is 1. The molecule has 2 nitrogen and oxygen atoms in total. The van der Waals surface area contributed by atoms with Crippen LogP contribution in [-0.2, 0) is 9.53 Å². The molecule has 2 atom stereocenters. The highest BCUT2D eigenvalue weighted by Gasteiger charge is 2.51. The van der Waals surface area contributed by atoms with E-state index in [9.17, 15) is 4.79 Å². The quantitative estimate of drug-likeness (QED) is 0.450. The molecule has 0 radical (unpaired) electrons. The van der Waals surface area contributed by atoms with Gasteiger partial charge >= 0.3 is 0 Å². The molecule has 3 heteroatoms. The van der Waals surface area contributed by atoms with Crippen molar-refractivity contribution in [2.45, 2.75) is 38.4 Å². The Morgan fingerprint density at radius 2 is 2.42 bits per heavy atom. The highest BCUT2D eigenvalue weighted by Crippen LogP contribution is 2.38. The lowest BCUT2D eigenvalue weighted by Crippen LogP contribution is -2.09. The first-order chi connectivity index (χ1) is 5.58. The highest BCUT2D eigenvalue weighted by atomic mass is 127. The lowest BCUT2D eigenvalue weighted by molar-refractivity contribution is -0.108. The molecule has 12 heavy (non-hydrogen) atoms. The van der Waals surface area contributed by atoms with Gasteiger partial charge in [-0.05, 0) is 52.9 Å². The molecule has 0 saturated carbocycles. The summed E-state index contributed by atoms with van der Waals surface area (Å²) in [5, 5.41) is 0. The molecule has 1 saturated heterocycles. The number of carbonyl (C=O) groups is 1. The molecule has 0 aromatic heterocycles. The first-order valence-electron chi connectivity index (χ1n) is 4.04. The molecule has 1 heterocycles. The number of epoxide rings is 1. The van der Waals surface area contributed by atoms with E-state index in [1.165, 1.54) is 3.58 Å². The molecule has 0 N–H and O–H groups in total. The molecule has 0 unspecified atom stereocenters. The summed E-state index contributed by atoms with van der Waals surface area (Å²) in [6.45, 7) is 4.05. The largest absolute Gasteiger partial charge is 0.358 e. The van der Waals surface area contributed by atoms with Gasteiger partial charge < -0.3 is 9.53 Å². The van der Waals surface area contributed by atoms with Gasteiger partial charge in [0.05, 0.1) is 5.60 Å². The molecular weight excluding hydrogens is 267 g/mol. The Morgan fingerprint density at radius 3 is 2.83 bits per heavy atom. The van der Waals surface area contributed by atoms with Gasteiger partial charge in [-0.3, -0.25) is 0 Å². The summed E-state index contributed by atoms with van der Waals surface area (Å²) in [6.07, 6.45) is 4.84. The van der Waals surface area contributed by atoms with Crippen LogP contribution >= 0.6 is 22.6 Å². The maximum absolute atomic E-state index is 10.3. The summed E-state index contributed by atoms with van der Waals surface area (Å²) in [5.74, 6) is 0. The second kappa shape index (κ2) is 3.87. The summed E-state index contributed by atoms with van der Waals surface area (Å²) in [7, 11) is 0. The van der Waals surface area contributed by atoms with Crippen molar-refractivity contribution < 1.29 is 9.53 Å². The number of hydrogen-bond donors (Lipinski definition) is 0. The lowest BCUT2D eigenvalue weighted by atomic mass is 10.0. The minimum atomic E-state index is -0.162. The Hall–Kier alpha value is 0.100. The van der Waals surface area contributed by atoms with E-state index in [4.69, 9.17) is 4.74 Å². The van der Waals surface area contributed by atoms with Crippen LogP contribution in [0.3, 0.4) is 0 Å². The summed E-state index contributed by atoms with van der Waals surface area (Å²) in [5.41, 5.74) is -0.162. The Kier molecular flexibility index (Phi) is 3.29. The van der Waals surface area contributed by atoms with Crippen molar-refractivity contribution in [1.29, 1.82) is 0 Å². The summed E-state index contributed by atoms with van der Waals surface area (Å²) in [4.78, 5) is 10.3. The normalized spacial score (nSPS) is 34.9. The van der Waals surface area contributed by atoms with Gasteiger partial charge in [0.1, 0.15) is 6.10 Å². The minimum absolute atomic E-state index is 0.152. The van der Waals surface area contributed by atoms with E-state index in [2.05, 4.69) is 35.6 Å². The maximum atomic E-state index is 10.3. The minimum Gasteiger partial charge on any atom is -0.358 e. The maximum Gasteiger partial charge on any atom is 0.151 e. The standard InChI is InChI=1S/C9H13IO2/c1-7(10)4-3-5-9(2)8(6-11)12-9/h4,6,8H,3,5H2,1-2H3/b7-4-/t8-,9-/m1/s1. The molecule has 0 aromatic carbocycles. The van der Waals surface area contributed by atoms with Crippen LogP contribution in [0.5, 0.6) is 0 Å². The van der Waals surface area contributed by atoms with Crippen molar-refractivity contribution in [2.75, 3.05) is 0 Å². The zero-order valence-corrected chi connectivity index (χ0v) is 9.50. The molecular formula is C9H13IO2. The second-order valence-electron chi connectivity index (χ2n) is 3.32. The number of hydrogen-bond acceptors (Lipinski definition) is 2. The van der Waals surface area contributed by atoms with Gasteiger partial charge in [-0.15, -0.1) is 0 Å². The van der Waals surface area contributed by atoms with Crippen molar-refractivity contribution in [3.8, 4) is 0 Å². The number of allylic oxidation sites excluding steroid dienone is 2. The molecule has 1 aliphatic rings. The average molecular weight is 280 g/mol. The van der Waals surface area contributed by atoms with Gasteiger partial charge in [0.2, 0.25) is 0 Å². The van der Waals surface area contributed by atoms with Gasteiger partial charge in [-0.1, -0.05) is 6.08 Å². The van der Waals surface area contributed by atoms with E-state index >= 15 is 0 Å². The van der Waals surface area contributed by atoms with Gasteiger partial charge in [-0.2, -0.15) is 0 Å². The van der Waals surface area contributed by atoms with Crippen molar-refractivity contribution in [1.82, 2.24) is 0 Å². The molecule has 0 aliphatic carbocycles. The third-order valence-electron chi connectivity index (χ3n) is 2.13. The average Bonchev–Trinajstić information content (AvgIpc) is 2.61. The van der Waals surface area contributed by atoms with Gasteiger partial charge in [0.15, 0.2) is 6.29 Å². The fourth-order valence-electron chi connectivity index (χ4n) is 1.19. The SMILES string of the molecule is C/C(I)=C/CC[C@@]1(C)O[C@@H]1C=O. The van der Waals surface area contributed by atoms with Crippen LogP contribution in [0, 0.1) is 0 Å². The Bertz CT molecular complexity index is 209. The molecule has 1 fully saturated rings. The highest BCUT2D eigenvalue weighted by molar-refractivity contribution is 14.1. The van der Waals surface area contributed by atoms with Gasteiger partial charge in [-0.25, -0.2) is 0 Å². The van der Waals surface area contributed by atoms with E-state index in [1.54, 1.807) is 0 Å². The van der Waals surface area contributed by atoms with Crippen LogP contribution < -0.4 is 0 Å². The fraction of sp³-hybridized carbons (Fsp3) is 0.667. The molecule has 0 aromatic rings. The summed E-state index contributed by atoms with van der Waals surface area (Å²) < 4.78 is 6.53. The van der Waals surface area contributed by atoms with Gasteiger partial charge in [0.25, 0.3) is 0 Å². The molecule has 0 amide bonds. The molecule has 0 bridgehead atoms. The number of rotatable bonds is 4. The third-order valence-corrected chi connectivity index (χ3v) is 2.57. The topological polar surface area (TPSA) is 29.6 Å². The van der Waals surface area contributed by atoms with E-state index in [1.807, 2.05) is 6.92 Å². The third kappa shape index (κ3) is 2.55. The van der Waals surface area contributed by atoms with E-state index < -0.39 is 0 Å². The monoisotopic (exact) mass is 280 g/mol. The Morgan fingerprint density at radius 1 is 1.75 bits per heavy atom. The van der Waals surface area contributed by atoms with Crippen LogP contribution in [0.15, 0.2) is 9.66 Å². The van der Waals surface area contributed by atoms with Gasteiger partial charge in [0, 0.05) is 0 Å². The van der Waals surface area contributed by atoms with Crippen LogP contribution in [0.25, 0.3) is 0 Å². The van der Waals surface area contributed by atoms with Crippen molar-refractivity contribution in [2.24, 2.45) is 0 Å². The summed E-state index contributed by atoms with van der Waals surface area (Å²) in [6, 6.07) is 0. The molecule has 68 valence electrons. The first kappa shape index (κ1) is 10.2. The van der Waals surface area contributed by atoms with Crippen molar-refractivity contribution in [3.05, 3.63) is 9.66 Å². The lowest BCUT2D eigenvalue weighted by Gasteiger charge is -2.00. The first-order valence-corrected chi connectivity index (χ1v) is 5.12. The van der Waals surface area contributed by atoms with E-state index in [-0.39, 0.29) is 11.7 Å². The Labute approximate surface area is 86.5 Å². The van der Waals surface area contributed by atoms with Crippen LogP contribution in [0.2, 0.25) is 0 Å². The molecule has 0 spiro atoms. The second-order valence-corrected chi connectivity index (χ2v) is 5.02. The fourth-order valence-corrected chi connectivity index (χ4v) is 1.50. The zero-order chi connectivity index (χ0) is 9.19. The molecule has 1 aliphatic heterocycles. The van der Waals surface area contributed by atoms with Crippen LogP contribution in [0.1, 0.15) is 26.7 Å². The van der Waals surface area contributed by atoms with Crippen LogP contribution in [0.4, 0.5) is 0 Å². The zero-order valence-electron chi connectivity index (χ0n) is 7.34. The Balaban J connectivity index is 2.25. The predicted octanol–water partition coefficient (Wildman–Crippen LogP) is 2.46. The van der Waals surface area contributed by atoms with Crippen LogP contribution in [-0.4, -0.2) is 18.0 Å². The van der Waals surface area contributed by atoms with E-state index in [0.29, 0.717) is 0 Å². The number of ether oxygens (including phenoxy) is 1. The van der Waals surface area contributed by atoms with E-state index in [0.717, 1.165) is 19.1 Å². The predicted molar refractivity (Wildman–Crippen MR) is 56.4 cm³/mol. The molecule has 1 rings (SSSR count). The van der Waals surface area contributed by atoms with Crippen molar-refractivity contribution >= 4 is 28.9 Å². The number of carbonyl (C=O) groups excluding carboxylic acids is 1. The summed E-state index contributed by atoms with van der Waals surface area (Å²) >= 11 is 2.28.